The lowest BCUT2D eigenvalue weighted by molar-refractivity contribution is -0.117. The Balaban J connectivity index is 2.64. The minimum Gasteiger partial charge on any atom is -0.359 e. The van der Waals surface area contributed by atoms with E-state index in [1.165, 1.54) is 6.20 Å². The molecular weight excluding hydrogens is 240 g/mol. The molecule has 1 rings (SSSR count). The predicted molar refractivity (Wildman–Crippen MR) is 74.1 cm³/mol. The second-order valence-electron chi connectivity index (χ2n) is 4.61. The number of nitrogens with zero attached hydrogens (tertiary/aromatic N) is 2. The minimum atomic E-state index is -0.372. The number of nitrogens with one attached hydrogen (secondary N) is 2. The van der Waals surface area contributed by atoms with Crippen molar-refractivity contribution >= 4 is 11.6 Å². The second kappa shape index (κ2) is 7.17. The van der Waals surface area contributed by atoms with E-state index >= 15 is 0 Å². The van der Waals surface area contributed by atoms with Crippen molar-refractivity contribution in [1.29, 1.82) is 5.26 Å². The Hall–Kier alpha value is -2.35. The Labute approximate surface area is 113 Å². The molecule has 1 amide bonds. The van der Waals surface area contributed by atoms with Gasteiger partial charge in [0.1, 0.15) is 11.6 Å². The molecular formula is C14H18N4O. The Morgan fingerprint density at radius 1 is 1.53 bits per heavy atom. The third-order valence-corrected chi connectivity index (χ3v) is 2.33. The molecule has 100 valence electrons. The molecule has 0 radical (unpaired) electrons. The van der Waals surface area contributed by atoms with E-state index in [2.05, 4.69) is 15.6 Å². The first-order chi connectivity index (χ1) is 9.02. The fourth-order valence-electron chi connectivity index (χ4n) is 1.25. The molecule has 0 bridgehead atoms. The van der Waals surface area contributed by atoms with Crippen molar-refractivity contribution in [2.75, 3.05) is 11.9 Å². The Kier molecular flexibility index (Phi) is 5.55. The van der Waals surface area contributed by atoms with Crippen LogP contribution in [0.2, 0.25) is 0 Å². The van der Waals surface area contributed by atoms with Crippen LogP contribution >= 0.6 is 0 Å². The summed E-state index contributed by atoms with van der Waals surface area (Å²) in [6, 6.07) is 5.55. The van der Waals surface area contributed by atoms with Crippen molar-refractivity contribution in [2.24, 2.45) is 5.92 Å². The molecule has 0 unspecified atom stereocenters. The first kappa shape index (κ1) is 14.7. The number of amides is 1. The highest BCUT2D eigenvalue weighted by atomic mass is 16.1. The number of aromatic nitrogens is 1. The van der Waals surface area contributed by atoms with Gasteiger partial charge in [-0.25, -0.2) is 0 Å². The van der Waals surface area contributed by atoms with E-state index < -0.39 is 0 Å². The molecule has 0 aromatic carbocycles. The minimum absolute atomic E-state index is 0.0428. The molecule has 0 aliphatic rings. The van der Waals surface area contributed by atoms with Gasteiger partial charge in [0, 0.05) is 18.4 Å². The summed E-state index contributed by atoms with van der Waals surface area (Å²) in [4.78, 5) is 15.8. The monoisotopic (exact) mass is 258 g/mol. The molecule has 0 aliphatic heterocycles. The second-order valence-corrected chi connectivity index (χ2v) is 4.61. The van der Waals surface area contributed by atoms with Gasteiger partial charge in [-0.05, 0) is 25.0 Å². The van der Waals surface area contributed by atoms with Gasteiger partial charge in [-0.15, -0.1) is 0 Å². The lowest BCUT2D eigenvalue weighted by Crippen LogP contribution is -2.28. The maximum atomic E-state index is 11.7. The van der Waals surface area contributed by atoms with Gasteiger partial charge < -0.3 is 10.6 Å². The van der Waals surface area contributed by atoms with Crippen LogP contribution < -0.4 is 10.6 Å². The maximum absolute atomic E-state index is 11.7. The van der Waals surface area contributed by atoms with Gasteiger partial charge in [0.2, 0.25) is 0 Å². The first-order valence-electron chi connectivity index (χ1n) is 6.10. The van der Waals surface area contributed by atoms with E-state index in [1.807, 2.05) is 39.0 Å². The van der Waals surface area contributed by atoms with Gasteiger partial charge in [0.05, 0.1) is 11.9 Å². The van der Waals surface area contributed by atoms with Crippen LogP contribution in [0.1, 0.15) is 19.5 Å². The number of anilines is 1. The number of aryl methyl sites for hydroxylation is 1. The number of hydrogen-bond donors (Lipinski definition) is 2. The van der Waals surface area contributed by atoms with E-state index in [0.717, 1.165) is 11.4 Å². The number of carbonyl (C=O) groups is 1. The third-order valence-electron chi connectivity index (χ3n) is 2.33. The highest BCUT2D eigenvalue weighted by Gasteiger charge is 2.08. The fourth-order valence-corrected chi connectivity index (χ4v) is 1.25. The van der Waals surface area contributed by atoms with Crippen molar-refractivity contribution in [2.45, 2.75) is 20.8 Å². The van der Waals surface area contributed by atoms with E-state index in [0.29, 0.717) is 12.5 Å². The summed E-state index contributed by atoms with van der Waals surface area (Å²) in [7, 11) is 0. The van der Waals surface area contributed by atoms with E-state index in [9.17, 15) is 4.79 Å². The normalized spacial score (nSPS) is 11.0. The largest absolute Gasteiger partial charge is 0.359 e. The number of hydrogen-bond acceptors (Lipinski definition) is 4. The topological polar surface area (TPSA) is 77.8 Å². The molecule has 5 heteroatoms. The number of carbonyl (C=O) groups excluding carboxylic acids is 1. The average Bonchev–Trinajstić information content (AvgIpc) is 2.39. The van der Waals surface area contributed by atoms with Gasteiger partial charge in [-0.2, -0.15) is 5.26 Å². The van der Waals surface area contributed by atoms with Gasteiger partial charge in [0.25, 0.3) is 5.91 Å². The van der Waals surface area contributed by atoms with Crippen LogP contribution in [0.25, 0.3) is 0 Å². The molecule has 0 spiro atoms. The van der Waals surface area contributed by atoms with Crippen molar-refractivity contribution in [3.05, 3.63) is 35.8 Å². The SMILES string of the molecule is Cc1ccc(N/C=C(/C#N)C(=O)NCC(C)C)cn1. The van der Waals surface area contributed by atoms with Crippen LogP contribution in [0.5, 0.6) is 0 Å². The van der Waals surface area contributed by atoms with Gasteiger partial charge in [-0.3, -0.25) is 9.78 Å². The lowest BCUT2D eigenvalue weighted by atomic mass is 10.2. The van der Waals surface area contributed by atoms with Crippen LogP contribution in [0.15, 0.2) is 30.1 Å². The zero-order valence-corrected chi connectivity index (χ0v) is 11.4. The molecule has 0 saturated carbocycles. The van der Waals surface area contributed by atoms with Crippen LogP contribution in [-0.2, 0) is 4.79 Å². The zero-order valence-electron chi connectivity index (χ0n) is 11.4. The molecule has 1 aromatic rings. The molecule has 0 saturated heterocycles. The summed E-state index contributed by atoms with van der Waals surface area (Å²) in [5.41, 5.74) is 1.68. The van der Waals surface area contributed by atoms with Gasteiger partial charge in [0.15, 0.2) is 0 Å². The fraction of sp³-hybridized carbons (Fsp3) is 0.357. The summed E-state index contributed by atoms with van der Waals surface area (Å²) in [5, 5.41) is 14.5. The molecule has 0 aliphatic carbocycles. The number of rotatable bonds is 5. The summed E-state index contributed by atoms with van der Waals surface area (Å²) in [6.45, 7) is 6.42. The molecule has 0 fully saturated rings. The molecule has 5 nitrogen and oxygen atoms in total. The maximum Gasteiger partial charge on any atom is 0.263 e. The van der Waals surface area contributed by atoms with Crippen LogP contribution in [-0.4, -0.2) is 17.4 Å². The first-order valence-corrected chi connectivity index (χ1v) is 6.10. The van der Waals surface area contributed by atoms with Crippen molar-refractivity contribution in [3.63, 3.8) is 0 Å². The molecule has 1 aromatic heterocycles. The smallest absolute Gasteiger partial charge is 0.263 e. The zero-order chi connectivity index (χ0) is 14.3. The number of pyridine rings is 1. The summed E-state index contributed by atoms with van der Waals surface area (Å²) < 4.78 is 0. The third kappa shape index (κ3) is 5.21. The molecule has 19 heavy (non-hydrogen) atoms. The Bertz CT molecular complexity index is 497. The van der Waals surface area contributed by atoms with Gasteiger partial charge in [-0.1, -0.05) is 13.8 Å². The number of nitriles is 1. The predicted octanol–water partition coefficient (Wildman–Crippen LogP) is 1.98. The van der Waals surface area contributed by atoms with Crippen LogP contribution in [0.3, 0.4) is 0 Å². The standard InChI is InChI=1S/C14H18N4O/c1-10(2)7-18-14(19)12(6-15)8-17-13-5-4-11(3)16-9-13/h4-5,8-10,17H,7H2,1-3H3,(H,18,19)/b12-8-. The van der Waals surface area contributed by atoms with Crippen molar-refractivity contribution in [1.82, 2.24) is 10.3 Å². The summed E-state index contributed by atoms with van der Waals surface area (Å²) in [5.74, 6) is -0.0260. The molecule has 1 heterocycles. The lowest BCUT2D eigenvalue weighted by Gasteiger charge is -2.07. The van der Waals surface area contributed by atoms with Crippen LogP contribution in [0.4, 0.5) is 5.69 Å². The molecule has 2 N–H and O–H groups in total. The van der Waals surface area contributed by atoms with E-state index in [4.69, 9.17) is 5.26 Å². The van der Waals surface area contributed by atoms with Gasteiger partial charge >= 0.3 is 0 Å². The highest BCUT2D eigenvalue weighted by Crippen LogP contribution is 2.06. The van der Waals surface area contributed by atoms with Crippen molar-refractivity contribution < 1.29 is 4.79 Å². The quantitative estimate of drug-likeness (QED) is 0.625. The Morgan fingerprint density at radius 2 is 2.26 bits per heavy atom. The van der Waals surface area contributed by atoms with Crippen molar-refractivity contribution in [3.8, 4) is 6.07 Å². The summed E-state index contributed by atoms with van der Waals surface area (Å²) >= 11 is 0. The Morgan fingerprint density at radius 3 is 2.79 bits per heavy atom. The average molecular weight is 258 g/mol. The van der Waals surface area contributed by atoms with Crippen LogP contribution in [0, 0.1) is 24.2 Å². The van der Waals surface area contributed by atoms with E-state index in [-0.39, 0.29) is 11.5 Å². The highest BCUT2D eigenvalue weighted by molar-refractivity contribution is 5.97. The molecule has 0 atom stereocenters. The summed E-state index contributed by atoms with van der Waals surface area (Å²) in [6.07, 6.45) is 3.04. The van der Waals surface area contributed by atoms with E-state index in [1.54, 1.807) is 6.20 Å².